The van der Waals surface area contributed by atoms with E-state index in [1.165, 1.54) is 6.21 Å². The van der Waals surface area contributed by atoms with Crippen molar-refractivity contribution in [1.82, 2.24) is 5.43 Å². The van der Waals surface area contributed by atoms with Crippen molar-refractivity contribution < 1.29 is 19.1 Å². The molecule has 0 heterocycles. The molecule has 0 fully saturated rings. The molecule has 0 saturated heterocycles. The van der Waals surface area contributed by atoms with Gasteiger partial charge in [-0.1, -0.05) is 17.7 Å². The number of nitrogens with one attached hydrogen (secondary N) is 2. The Hall–Kier alpha value is -2.33. The fraction of sp³-hybridized carbons (Fsp3) is 0.250. The molecule has 0 aliphatic carbocycles. The zero-order valence-corrected chi connectivity index (χ0v) is 19.1. The molecule has 2 aromatic carbocycles. The van der Waals surface area contributed by atoms with E-state index >= 15 is 0 Å². The summed E-state index contributed by atoms with van der Waals surface area (Å²) in [6, 6.07) is 8.83. The third kappa shape index (κ3) is 6.90. The molecule has 9 heteroatoms. The first-order chi connectivity index (χ1) is 13.8. The highest BCUT2D eigenvalue weighted by atomic mass is 127. The molecule has 0 saturated carbocycles. The standard InChI is InChI=1S/C20H21ClIN3O4/c1-12-4-5-14(10-15(12)21)24-18(26)6-7-19(27)25-23-11-13-8-16(22)20(29-3)17(9-13)28-2/h4-5,8-11H,6-7H2,1-3H3,(H,24,26)(H,25,27). The van der Waals surface area contributed by atoms with Crippen molar-refractivity contribution in [3.63, 3.8) is 0 Å². The highest BCUT2D eigenvalue weighted by Gasteiger charge is 2.10. The van der Waals surface area contributed by atoms with E-state index in [4.69, 9.17) is 21.1 Å². The normalized spacial score (nSPS) is 10.7. The molecule has 2 aromatic rings. The van der Waals surface area contributed by atoms with E-state index in [-0.39, 0.29) is 24.7 Å². The summed E-state index contributed by atoms with van der Waals surface area (Å²) in [5, 5.41) is 7.20. The first kappa shape index (κ1) is 23.0. The monoisotopic (exact) mass is 529 g/mol. The van der Waals surface area contributed by atoms with Crippen LogP contribution in [0.4, 0.5) is 5.69 Å². The number of carbonyl (C=O) groups is 2. The molecule has 7 nitrogen and oxygen atoms in total. The zero-order valence-electron chi connectivity index (χ0n) is 16.2. The average molecular weight is 530 g/mol. The smallest absolute Gasteiger partial charge is 0.240 e. The van der Waals surface area contributed by atoms with Crippen molar-refractivity contribution in [2.75, 3.05) is 19.5 Å². The third-order valence-corrected chi connectivity index (χ3v) is 5.10. The zero-order chi connectivity index (χ0) is 21.4. The van der Waals surface area contributed by atoms with Gasteiger partial charge in [0.15, 0.2) is 11.5 Å². The number of amides is 2. The predicted molar refractivity (Wildman–Crippen MR) is 122 cm³/mol. The van der Waals surface area contributed by atoms with Gasteiger partial charge in [0.05, 0.1) is 24.0 Å². The number of hydrogen-bond acceptors (Lipinski definition) is 5. The summed E-state index contributed by atoms with van der Waals surface area (Å²) in [4.78, 5) is 23.9. The van der Waals surface area contributed by atoms with E-state index in [9.17, 15) is 9.59 Å². The van der Waals surface area contributed by atoms with Crippen molar-refractivity contribution in [2.45, 2.75) is 19.8 Å². The topological polar surface area (TPSA) is 89.0 Å². The molecule has 29 heavy (non-hydrogen) atoms. The second-order valence-electron chi connectivity index (χ2n) is 6.04. The minimum atomic E-state index is -0.367. The maximum Gasteiger partial charge on any atom is 0.240 e. The molecule has 0 unspecified atom stereocenters. The summed E-state index contributed by atoms with van der Waals surface area (Å²) in [7, 11) is 3.11. The molecule has 0 aliphatic heterocycles. The predicted octanol–water partition coefficient (Wildman–Crippen LogP) is 4.14. The minimum Gasteiger partial charge on any atom is -0.493 e. The molecule has 2 rings (SSSR count). The van der Waals surface area contributed by atoms with E-state index in [1.54, 1.807) is 32.4 Å². The first-order valence-electron chi connectivity index (χ1n) is 8.63. The molecule has 0 radical (unpaired) electrons. The molecule has 0 bridgehead atoms. The Morgan fingerprint density at radius 1 is 1.14 bits per heavy atom. The molecule has 0 atom stereocenters. The van der Waals surface area contributed by atoms with Crippen LogP contribution < -0.4 is 20.2 Å². The van der Waals surface area contributed by atoms with Gasteiger partial charge in [-0.2, -0.15) is 5.10 Å². The van der Waals surface area contributed by atoms with Gasteiger partial charge in [-0.3, -0.25) is 9.59 Å². The molecule has 0 aliphatic rings. The van der Waals surface area contributed by atoms with Gasteiger partial charge < -0.3 is 14.8 Å². The lowest BCUT2D eigenvalue weighted by molar-refractivity contribution is -0.124. The quantitative estimate of drug-likeness (QED) is 0.306. The lowest BCUT2D eigenvalue weighted by atomic mass is 10.2. The molecular formula is C20H21ClIN3O4. The number of carbonyl (C=O) groups excluding carboxylic acids is 2. The first-order valence-corrected chi connectivity index (χ1v) is 10.1. The van der Waals surface area contributed by atoms with Gasteiger partial charge in [-0.25, -0.2) is 5.43 Å². The number of rotatable bonds is 8. The lowest BCUT2D eigenvalue weighted by Crippen LogP contribution is -2.20. The summed E-state index contributed by atoms with van der Waals surface area (Å²) in [6.45, 7) is 1.88. The fourth-order valence-electron chi connectivity index (χ4n) is 2.37. The minimum absolute atomic E-state index is 0.00619. The summed E-state index contributed by atoms with van der Waals surface area (Å²) in [5.74, 6) is 0.558. The third-order valence-electron chi connectivity index (χ3n) is 3.89. The van der Waals surface area contributed by atoms with Crippen molar-refractivity contribution >= 4 is 57.9 Å². The summed E-state index contributed by atoms with van der Waals surface area (Å²) in [6.07, 6.45) is 1.53. The Balaban J connectivity index is 1.84. The number of hydrazone groups is 1. The van der Waals surface area contributed by atoms with Gasteiger partial charge in [0, 0.05) is 23.6 Å². The molecule has 154 valence electrons. The van der Waals surface area contributed by atoms with E-state index in [1.807, 2.05) is 19.1 Å². The fourth-order valence-corrected chi connectivity index (χ4v) is 3.39. The van der Waals surface area contributed by atoms with Crippen LogP contribution >= 0.6 is 34.2 Å². The van der Waals surface area contributed by atoms with Crippen LogP contribution in [0.25, 0.3) is 0 Å². The number of hydrogen-bond donors (Lipinski definition) is 2. The van der Waals surface area contributed by atoms with Gasteiger partial charge in [0.1, 0.15) is 0 Å². The van der Waals surface area contributed by atoms with E-state index in [0.29, 0.717) is 22.2 Å². The van der Waals surface area contributed by atoms with Crippen molar-refractivity contribution in [3.05, 3.63) is 50.1 Å². The SMILES string of the molecule is COc1cc(C=NNC(=O)CCC(=O)Nc2ccc(C)c(Cl)c2)cc(I)c1OC. The largest absolute Gasteiger partial charge is 0.493 e. The Morgan fingerprint density at radius 2 is 1.86 bits per heavy atom. The number of nitrogens with zero attached hydrogens (tertiary/aromatic N) is 1. The van der Waals surface area contributed by atoms with E-state index in [0.717, 1.165) is 14.7 Å². The van der Waals surface area contributed by atoms with Crippen LogP contribution in [-0.2, 0) is 9.59 Å². The highest BCUT2D eigenvalue weighted by molar-refractivity contribution is 14.1. The molecular weight excluding hydrogens is 509 g/mol. The lowest BCUT2D eigenvalue weighted by Gasteiger charge is -2.10. The average Bonchev–Trinajstić information content (AvgIpc) is 2.68. The Kier molecular flexibility index (Phi) is 8.71. The van der Waals surface area contributed by atoms with Gasteiger partial charge in [-0.15, -0.1) is 0 Å². The number of anilines is 1. The maximum atomic E-state index is 12.0. The summed E-state index contributed by atoms with van der Waals surface area (Å²) < 4.78 is 11.4. The van der Waals surface area contributed by atoms with Crippen molar-refractivity contribution in [3.8, 4) is 11.5 Å². The summed E-state index contributed by atoms with van der Waals surface area (Å²) in [5.41, 5.74) is 4.66. The Labute approximate surface area is 187 Å². The molecule has 2 N–H and O–H groups in total. The van der Waals surface area contributed by atoms with Gasteiger partial charge in [0.2, 0.25) is 11.8 Å². The maximum absolute atomic E-state index is 12.0. The number of ether oxygens (including phenoxy) is 2. The highest BCUT2D eigenvalue weighted by Crippen LogP contribution is 2.33. The Bertz CT molecular complexity index is 934. The van der Waals surface area contributed by atoms with Crippen LogP contribution in [0.2, 0.25) is 5.02 Å². The molecule has 0 aromatic heterocycles. The van der Waals surface area contributed by atoms with E-state index in [2.05, 4.69) is 38.4 Å². The van der Waals surface area contributed by atoms with Crippen molar-refractivity contribution in [1.29, 1.82) is 0 Å². The molecule has 0 spiro atoms. The number of halogens is 2. The summed E-state index contributed by atoms with van der Waals surface area (Å²) >= 11 is 8.16. The number of methoxy groups -OCH3 is 2. The second-order valence-corrected chi connectivity index (χ2v) is 7.61. The van der Waals surface area contributed by atoms with Crippen LogP contribution in [0, 0.1) is 10.5 Å². The van der Waals surface area contributed by atoms with Crippen LogP contribution in [-0.4, -0.2) is 32.2 Å². The molecule has 2 amide bonds. The van der Waals surface area contributed by atoms with Crippen LogP contribution in [0.3, 0.4) is 0 Å². The van der Waals surface area contributed by atoms with Crippen molar-refractivity contribution in [2.24, 2.45) is 5.10 Å². The van der Waals surface area contributed by atoms with Crippen LogP contribution in [0.15, 0.2) is 35.4 Å². The van der Waals surface area contributed by atoms with E-state index < -0.39 is 0 Å². The Morgan fingerprint density at radius 3 is 2.52 bits per heavy atom. The van der Waals surface area contributed by atoms with Gasteiger partial charge in [0.25, 0.3) is 0 Å². The van der Waals surface area contributed by atoms with Gasteiger partial charge in [-0.05, 0) is 64.9 Å². The van der Waals surface area contributed by atoms with Crippen LogP contribution in [0.5, 0.6) is 11.5 Å². The number of aryl methyl sites for hydroxylation is 1. The second kappa shape index (κ2) is 11.0. The van der Waals surface area contributed by atoms with Crippen LogP contribution in [0.1, 0.15) is 24.0 Å². The van der Waals surface area contributed by atoms with Gasteiger partial charge >= 0.3 is 0 Å². The number of benzene rings is 2.